The van der Waals surface area contributed by atoms with Crippen LogP contribution in [0.3, 0.4) is 0 Å². The molecule has 158 valence electrons. The van der Waals surface area contributed by atoms with E-state index in [1.54, 1.807) is 0 Å². The molecule has 2 nitrogen and oxygen atoms in total. The molecule has 0 fully saturated rings. The van der Waals surface area contributed by atoms with Crippen LogP contribution in [-0.4, -0.2) is 13.2 Å². The van der Waals surface area contributed by atoms with Gasteiger partial charge in [0.05, 0.1) is 22.2 Å². The van der Waals surface area contributed by atoms with E-state index in [2.05, 4.69) is 88.2 Å². The molecule has 3 aromatic carbocycles. The van der Waals surface area contributed by atoms with E-state index in [-0.39, 0.29) is 0 Å². The van der Waals surface area contributed by atoms with Gasteiger partial charge in [0.2, 0.25) is 0 Å². The monoisotopic (exact) mass is 530 g/mol. The summed E-state index contributed by atoms with van der Waals surface area (Å²) in [6.45, 7) is 5.81. The fourth-order valence-corrected chi connectivity index (χ4v) is 4.14. The number of para-hydroxylation sites is 1. The molecule has 0 heterocycles. The van der Waals surface area contributed by atoms with Gasteiger partial charge in [-0.1, -0.05) is 69.2 Å². The fourth-order valence-electron chi connectivity index (χ4n) is 3.17. The molecule has 4 heteroatoms. The maximum absolute atomic E-state index is 6.08. The van der Waals surface area contributed by atoms with Crippen LogP contribution >= 0.6 is 31.9 Å². The van der Waals surface area contributed by atoms with E-state index in [4.69, 9.17) is 9.47 Å². The van der Waals surface area contributed by atoms with Crippen LogP contribution in [0, 0.1) is 0 Å². The number of halogens is 2. The van der Waals surface area contributed by atoms with E-state index in [0.29, 0.717) is 0 Å². The molecule has 30 heavy (non-hydrogen) atoms. The Bertz CT molecular complexity index is 952. The van der Waals surface area contributed by atoms with Crippen molar-refractivity contribution in [1.29, 1.82) is 0 Å². The largest absolute Gasteiger partial charge is 0.492 e. The van der Waals surface area contributed by atoms with Crippen LogP contribution in [0.4, 0.5) is 0 Å². The number of unbranched alkanes of at least 4 members (excludes halogenated alkanes) is 2. The Hall–Kier alpha value is -1.78. The molecule has 0 bridgehead atoms. The molecule has 0 amide bonds. The van der Waals surface area contributed by atoms with Gasteiger partial charge in [-0.2, -0.15) is 0 Å². The second-order valence-corrected chi connectivity index (χ2v) is 8.95. The summed E-state index contributed by atoms with van der Waals surface area (Å²) in [5, 5.41) is 0. The van der Waals surface area contributed by atoms with Gasteiger partial charge in [0.15, 0.2) is 0 Å². The van der Waals surface area contributed by atoms with E-state index in [1.807, 2.05) is 18.2 Å². The Kier molecular flexibility index (Phi) is 8.83. The Balaban J connectivity index is 1.80. The van der Waals surface area contributed by atoms with Crippen LogP contribution in [0.15, 0.2) is 69.6 Å². The summed E-state index contributed by atoms with van der Waals surface area (Å²) in [5.41, 5.74) is 4.57. The lowest BCUT2D eigenvalue weighted by Crippen LogP contribution is -1.99. The highest BCUT2D eigenvalue weighted by atomic mass is 79.9. The predicted octanol–water partition coefficient (Wildman–Crippen LogP) is 8.90. The average molecular weight is 532 g/mol. The zero-order chi connectivity index (χ0) is 21.3. The Morgan fingerprint density at radius 2 is 1.30 bits per heavy atom. The molecule has 0 saturated carbocycles. The van der Waals surface area contributed by atoms with Crippen molar-refractivity contribution in [2.75, 3.05) is 13.2 Å². The molecule has 0 aliphatic heterocycles. The van der Waals surface area contributed by atoms with Gasteiger partial charge >= 0.3 is 0 Å². The van der Waals surface area contributed by atoms with Crippen LogP contribution in [-0.2, 0) is 0 Å². The van der Waals surface area contributed by atoms with Crippen molar-refractivity contribution in [1.82, 2.24) is 0 Å². The minimum absolute atomic E-state index is 0.727. The molecular formula is C26H28Br2O2. The molecule has 0 N–H and O–H groups in total. The highest BCUT2D eigenvalue weighted by Gasteiger charge is 2.11. The summed E-state index contributed by atoms with van der Waals surface area (Å²) >= 11 is 7.29. The van der Waals surface area contributed by atoms with Crippen molar-refractivity contribution in [2.24, 2.45) is 0 Å². The smallest absolute Gasteiger partial charge is 0.141 e. The lowest BCUT2D eigenvalue weighted by Gasteiger charge is -2.14. The minimum Gasteiger partial charge on any atom is -0.492 e. The summed E-state index contributed by atoms with van der Waals surface area (Å²) < 4.78 is 13.9. The molecular weight excluding hydrogens is 504 g/mol. The summed E-state index contributed by atoms with van der Waals surface area (Å²) in [5.74, 6) is 1.81. The van der Waals surface area contributed by atoms with Gasteiger partial charge in [-0.15, -0.1) is 0 Å². The van der Waals surface area contributed by atoms with Crippen LogP contribution < -0.4 is 9.47 Å². The van der Waals surface area contributed by atoms with Crippen molar-refractivity contribution < 1.29 is 9.47 Å². The quantitative estimate of drug-likeness (QED) is 0.243. The zero-order valence-corrected chi connectivity index (χ0v) is 20.8. The van der Waals surface area contributed by atoms with Crippen LogP contribution in [0.2, 0.25) is 0 Å². The SMILES string of the molecule is CCCCOc1ccc(-c2ccc(-c3cccc(Br)c3OCCCC)cc2)cc1Br. The molecule has 3 aromatic rings. The highest BCUT2D eigenvalue weighted by Crippen LogP contribution is 2.38. The van der Waals surface area contributed by atoms with E-state index in [9.17, 15) is 0 Å². The standard InChI is InChI=1S/C26H28Br2O2/c1-3-5-16-29-25-15-14-21(18-24(25)28)19-10-12-20(13-11-19)22-8-7-9-23(27)26(22)30-17-6-4-2/h7-15,18H,3-6,16-17H2,1-2H3. The summed E-state index contributed by atoms with van der Waals surface area (Å²) in [6.07, 6.45) is 4.36. The van der Waals surface area contributed by atoms with Crippen molar-refractivity contribution >= 4 is 31.9 Å². The number of hydrogen-bond donors (Lipinski definition) is 0. The fraction of sp³-hybridized carbons (Fsp3) is 0.308. The number of benzene rings is 3. The van der Waals surface area contributed by atoms with Gasteiger partial charge in [-0.05, 0) is 79.6 Å². The number of ether oxygens (including phenoxy) is 2. The van der Waals surface area contributed by atoms with E-state index in [0.717, 1.165) is 76.0 Å². The number of hydrogen-bond acceptors (Lipinski definition) is 2. The Morgan fingerprint density at radius 1 is 0.667 bits per heavy atom. The van der Waals surface area contributed by atoms with Crippen molar-refractivity contribution in [2.45, 2.75) is 39.5 Å². The molecule has 0 saturated heterocycles. The zero-order valence-electron chi connectivity index (χ0n) is 17.6. The maximum atomic E-state index is 6.08. The second-order valence-electron chi connectivity index (χ2n) is 7.24. The molecule has 0 unspecified atom stereocenters. The third-order valence-corrected chi connectivity index (χ3v) is 6.17. The van der Waals surface area contributed by atoms with Crippen molar-refractivity contribution in [3.63, 3.8) is 0 Å². The maximum Gasteiger partial charge on any atom is 0.141 e. The molecule has 0 atom stereocenters. The first-order chi connectivity index (χ1) is 14.6. The van der Waals surface area contributed by atoms with E-state index < -0.39 is 0 Å². The summed E-state index contributed by atoms with van der Waals surface area (Å²) in [6, 6.07) is 21.1. The van der Waals surface area contributed by atoms with E-state index in [1.165, 1.54) is 5.56 Å². The van der Waals surface area contributed by atoms with Crippen molar-refractivity contribution in [3.8, 4) is 33.8 Å². The third-order valence-electron chi connectivity index (χ3n) is 4.93. The topological polar surface area (TPSA) is 18.5 Å². The molecule has 0 aliphatic rings. The predicted molar refractivity (Wildman–Crippen MR) is 134 cm³/mol. The second kappa shape index (κ2) is 11.6. The van der Waals surface area contributed by atoms with Gasteiger partial charge in [-0.3, -0.25) is 0 Å². The molecule has 0 aromatic heterocycles. The summed E-state index contributed by atoms with van der Waals surface area (Å²) in [4.78, 5) is 0. The lowest BCUT2D eigenvalue weighted by molar-refractivity contribution is 0.307. The van der Waals surface area contributed by atoms with Gasteiger partial charge < -0.3 is 9.47 Å². The molecule has 0 aliphatic carbocycles. The molecule has 0 spiro atoms. The normalized spacial score (nSPS) is 10.8. The number of rotatable bonds is 10. The first kappa shape index (κ1) is 22.9. The van der Waals surface area contributed by atoms with Gasteiger partial charge in [0, 0.05) is 5.56 Å². The molecule has 0 radical (unpaired) electrons. The first-order valence-electron chi connectivity index (χ1n) is 10.6. The highest BCUT2D eigenvalue weighted by molar-refractivity contribution is 9.10. The lowest BCUT2D eigenvalue weighted by atomic mass is 9.99. The van der Waals surface area contributed by atoms with Crippen LogP contribution in [0.5, 0.6) is 11.5 Å². The van der Waals surface area contributed by atoms with Gasteiger partial charge in [0.25, 0.3) is 0 Å². The van der Waals surface area contributed by atoms with Crippen LogP contribution in [0.1, 0.15) is 39.5 Å². The van der Waals surface area contributed by atoms with Gasteiger partial charge in [-0.25, -0.2) is 0 Å². The minimum atomic E-state index is 0.727. The van der Waals surface area contributed by atoms with Gasteiger partial charge in [0.1, 0.15) is 11.5 Å². The average Bonchev–Trinajstić information content (AvgIpc) is 2.76. The summed E-state index contributed by atoms with van der Waals surface area (Å²) in [7, 11) is 0. The Labute approximate surface area is 196 Å². The first-order valence-corrected chi connectivity index (χ1v) is 12.2. The van der Waals surface area contributed by atoms with Crippen LogP contribution in [0.25, 0.3) is 22.3 Å². The Morgan fingerprint density at radius 3 is 1.97 bits per heavy atom. The van der Waals surface area contributed by atoms with Crippen molar-refractivity contribution in [3.05, 3.63) is 69.6 Å². The third kappa shape index (κ3) is 5.89. The van der Waals surface area contributed by atoms with E-state index >= 15 is 0 Å². The molecule has 3 rings (SSSR count).